The molecule has 0 atom stereocenters. The number of fused-ring (bicyclic) bond motifs is 4. The van der Waals surface area contributed by atoms with Gasteiger partial charge in [-0.15, -0.1) is 0 Å². The first kappa shape index (κ1) is 33.6. The first-order chi connectivity index (χ1) is 28.7. The highest BCUT2D eigenvalue weighted by Gasteiger charge is 2.47. The van der Waals surface area contributed by atoms with E-state index in [-0.39, 0.29) is 0 Å². The lowest BCUT2D eigenvalue weighted by Crippen LogP contribution is -2.28. The van der Waals surface area contributed by atoms with E-state index in [0.717, 1.165) is 55.7 Å². The summed E-state index contributed by atoms with van der Waals surface area (Å²) in [7, 11) is 0. The molecule has 1 aliphatic carbocycles. The van der Waals surface area contributed by atoms with Crippen LogP contribution in [0.5, 0.6) is 0 Å². The molecule has 5 nitrogen and oxygen atoms in total. The largest absolute Gasteiger partial charge is 0.456 e. The minimum atomic E-state index is -0.544. The quantitative estimate of drug-likeness (QED) is 0.163. The highest BCUT2D eigenvalue weighted by atomic mass is 16.3. The summed E-state index contributed by atoms with van der Waals surface area (Å²) in [6, 6.07) is 67.9. The van der Waals surface area contributed by atoms with Gasteiger partial charge in [0.1, 0.15) is 11.3 Å². The number of hydrogen-bond donors (Lipinski definition) is 0. The standard InChI is InChI=1S/C53H34N4O/c1-3-15-41(16-4-1)53(42-17-5-2-6-18-42)45-21-9-8-19-43(45)49-44(20-11-22-46(49)53)52-56-50(37-28-24-35(25-29-37)40-14-12-32-54-34-40)55-51(57-52)38-30-26-36(27-31-38)48-33-39-13-7-10-23-47(39)58-48/h1-34H. The molecule has 3 heterocycles. The van der Waals surface area contributed by atoms with Crippen molar-refractivity contribution in [2.75, 3.05) is 0 Å². The van der Waals surface area contributed by atoms with E-state index in [9.17, 15) is 0 Å². The lowest BCUT2D eigenvalue weighted by Gasteiger charge is -2.33. The van der Waals surface area contributed by atoms with E-state index in [1.807, 2.05) is 30.5 Å². The van der Waals surface area contributed by atoms with E-state index in [4.69, 9.17) is 19.4 Å². The molecular formula is C53H34N4O. The number of aromatic nitrogens is 4. The second-order valence-corrected chi connectivity index (χ2v) is 14.6. The molecule has 0 saturated carbocycles. The van der Waals surface area contributed by atoms with Gasteiger partial charge in [0.25, 0.3) is 0 Å². The fourth-order valence-electron chi connectivity index (χ4n) is 8.69. The summed E-state index contributed by atoms with van der Waals surface area (Å²) in [5.74, 6) is 2.62. The summed E-state index contributed by atoms with van der Waals surface area (Å²) in [5.41, 5.74) is 13.3. The molecule has 3 aromatic heterocycles. The van der Waals surface area contributed by atoms with E-state index >= 15 is 0 Å². The molecule has 0 amide bonds. The molecule has 58 heavy (non-hydrogen) atoms. The molecule has 1 aliphatic rings. The van der Waals surface area contributed by atoms with Gasteiger partial charge in [0, 0.05) is 40.0 Å². The van der Waals surface area contributed by atoms with Crippen molar-refractivity contribution < 1.29 is 4.42 Å². The van der Waals surface area contributed by atoms with E-state index in [1.54, 1.807) is 6.20 Å². The molecule has 0 radical (unpaired) electrons. The SMILES string of the molecule is c1ccc(C2(c3ccccc3)c3ccccc3-c3c(-c4nc(-c5ccc(-c6cccnc6)cc5)nc(-c5ccc(-c6cc7ccccc7o6)cc5)n4)cccc32)cc1. The highest BCUT2D eigenvalue weighted by molar-refractivity contribution is 5.94. The molecule has 10 aromatic rings. The normalized spacial score (nSPS) is 12.6. The van der Waals surface area contributed by atoms with Crippen molar-refractivity contribution in [3.05, 3.63) is 229 Å². The molecule has 0 spiro atoms. The van der Waals surface area contributed by atoms with Crippen LogP contribution in [0.1, 0.15) is 22.3 Å². The smallest absolute Gasteiger partial charge is 0.164 e. The maximum Gasteiger partial charge on any atom is 0.164 e. The van der Waals surface area contributed by atoms with Crippen LogP contribution in [-0.2, 0) is 5.41 Å². The molecule has 7 aromatic carbocycles. The number of furan rings is 1. The monoisotopic (exact) mass is 742 g/mol. The summed E-state index contributed by atoms with van der Waals surface area (Å²) >= 11 is 0. The minimum Gasteiger partial charge on any atom is -0.456 e. The third kappa shape index (κ3) is 5.47. The minimum absolute atomic E-state index is 0.544. The van der Waals surface area contributed by atoms with Crippen LogP contribution in [0.4, 0.5) is 0 Å². The van der Waals surface area contributed by atoms with Crippen LogP contribution in [0.25, 0.3) is 78.7 Å². The van der Waals surface area contributed by atoms with Gasteiger partial charge in [0.2, 0.25) is 0 Å². The predicted octanol–water partition coefficient (Wildman–Crippen LogP) is 12.7. The number of nitrogens with zero attached hydrogens (tertiary/aromatic N) is 4. The van der Waals surface area contributed by atoms with Crippen LogP contribution in [0.2, 0.25) is 0 Å². The van der Waals surface area contributed by atoms with Crippen LogP contribution in [-0.4, -0.2) is 19.9 Å². The van der Waals surface area contributed by atoms with Gasteiger partial charge in [-0.3, -0.25) is 4.98 Å². The van der Waals surface area contributed by atoms with Crippen molar-refractivity contribution >= 4 is 11.0 Å². The Bertz CT molecular complexity index is 3010. The van der Waals surface area contributed by atoms with Crippen molar-refractivity contribution in [2.45, 2.75) is 5.41 Å². The summed E-state index contributed by atoms with van der Waals surface area (Å²) in [5, 5.41) is 1.07. The predicted molar refractivity (Wildman–Crippen MR) is 232 cm³/mol. The first-order valence-electron chi connectivity index (χ1n) is 19.5. The van der Waals surface area contributed by atoms with Gasteiger partial charge in [-0.1, -0.05) is 176 Å². The number of hydrogen-bond acceptors (Lipinski definition) is 5. The van der Waals surface area contributed by atoms with Crippen molar-refractivity contribution in [3.8, 4) is 67.7 Å². The lowest BCUT2D eigenvalue weighted by atomic mass is 9.67. The Morgan fingerprint density at radius 2 is 0.966 bits per heavy atom. The third-order valence-corrected chi connectivity index (χ3v) is 11.3. The highest BCUT2D eigenvalue weighted by Crippen LogP contribution is 2.58. The molecule has 0 bridgehead atoms. The average molecular weight is 743 g/mol. The van der Waals surface area contributed by atoms with Crippen LogP contribution in [0.3, 0.4) is 0 Å². The average Bonchev–Trinajstić information content (AvgIpc) is 3.88. The fourth-order valence-corrected chi connectivity index (χ4v) is 8.69. The number of rotatable bonds is 7. The first-order valence-corrected chi connectivity index (χ1v) is 19.5. The Morgan fingerprint density at radius 3 is 1.64 bits per heavy atom. The summed E-state index contributed by atoms with van der Waals surface area (Å²) < 4.78 is 6.20. The Balaban J connectivity index is 1.11. The van der Waals surface area contributed by atoms with E-state index in [2.05, 4.69) is 175 Å². The number of para-hydroxylation sites is 1. The topological polar surface area (TPSA) is 64.7 Å². The summed E-state index contributed by atoms with van der Waals surface area (Å²) in [6.07, 6.45) is 3.67. The second kappa shape index (κ2) is 13.8. The van der Waals surface area contributed by atoms with E-state index in [0.29, 0.717) is 17.5 Å². The summed E-state index contributed by atoms with van der Waals surface area (Å²) in [4.78, 5) is 20.0. The van der Waals surface area contributed by atoms with Gasteiger partial charge in [0.15, 0.2) is 17.5 Å². The van der Waals surface area contributed by atoms with Crippen LogP contribution < -0.4 is 0 Å². The van der Waals surface area contributed by atoms with E-state index < -0.39 is 5.41 Å². The Hall–Kier alpha value is -7.76. The van der Waals surface area contributed by atoms with Crippen LogP contribution in [0, 0.1) is 0 Å². The molecule has 0 N–H and O–H groups in total. The molecule has 0 fully saturated rings. The van der Waals surface area contributed by atoms with Crippen LogP contribution >= 0.6 is 0 Å². The van der Waals surface area contributed by atoms with Gasteiger partial charge in [-0.05, 0) is 62.7 Å². The lowest BCUT2D eigenvalue weighted by molar-refractivity contribution is 0.631. The fraction of sp³-hybridized carbons (Fsp3) is 0.0189. The zero-order valence-corrected chi connectivity index (χ0v) is 31.3. The maximum atomic E-state index is 6.20. The molecule has 272 valence electrons. The molecular weight excluding hydrogens is 709 g/mol. The Labute approximate surface area is 336 Å². The van der Waals surface area contributed by atoms with Gasteiger partial charge >= 0.3 is 0 Å². The van der Waals surface area contributed by atoms with Crippen molar-refractivity contribution in [1.29, 1.82) is 0 Å². The molecule has 11 rings (SSSR count). The molecule has 0 saturated heterocycles. The second-order valence-electron chi connectivity index (χ2n) is 14.6. The van der Waals surface area contributed by atoms with Gasteiger partial charge < -0.3 is 4.42 Å². The maximum absolute atomic E-state index is 6.20. The van der Waals surface area contributed by atoms with Gasteiger partial charge in [-0.2, -0.15) is 0 Å². The zero-order chi connectivity index (χ0) is 38.5. The summed E-state index contributed by atoms with van der Waals surface area (Å²) in [6.45, 7) is 0. The van der Waals surface area contributed by atoms with Gasteiger partial charge in [-0.25, -0.2) is 15.0 Å². The zero-order valence-electron chi connectivity index (χ0n) is 31.3. The number of benzene rings is 7. The molecule has 5 heteroatoms. The number of pyridine rings is 1. The van der Waals surface area contributed by atoms with Crippen molar-refractivity contribution in [1.82, 2.24) is 19.9 Å². The molecule has 0 aliphatic heterocycles. The Morgan fingerprint density at radius 1 is 0.397 bits per heavy atom. The van der Waals surface area contributed by atoms with Crippen molar-refractivity contribution in [3.63, 3.8) is 0 Å². The van der Waals surface area contributed by atoms with Crippen molar-refractivity contribution in [2.24, 2.45) is 0 Å². The van der Waals surface area contributed by atoms with E-state index in [1.165, 1.54) is 27.8 Å². The van der Waals surface area contributed by atoms with Gasteiger partial charge in [0.05, 0.1) is 5.41 Å². The Kier molecular flexibility index (Phi) is 7.97. The molecule has 0 unspecified atom stereocenters. The van der Waals surface area contributed by atoms with Crippen LogP contribution in [0.15, 0.2) is 211 Å². The third-order valence-electron chi connectivity index (χ3n) is 11.3.